The van der Waals surface area contributed by atoms with Gasteiger partial charge in [-0.05, 0) is 88.5 Å². The molecule has 1 aliphatic rings. The number of benzene rings is 2. The molecule has 2 atom stereocenters. The van der Waals surface area contributed by atoms with Crippen molar-refractivity contribution in [2.24, 2.45) is 5.92 Å². The zero-order chi connectivity index (χ0) is 23.5. The van der Waals surface area contributed by atoms with Gasteiger partial charge in [0.25, 0.3) is 0 Å². The lowest BCUT2D eigenvalue weighted by Gasteiger charge is -2.27. The SMILES string of the molecule is CCOC(=O)C(C)(C)Oc1c(C)cc([C@@H]2CCC[C@H]2C(=O)c2ccc(SC)cc2)cc1C. The van der Waals surface area contributed by atoms with Crippen LogP contribution in [0.1, 0.15) is 73.0 Å². The molecule has 0 unspecified atom stereocenters. The summed E-state index contributed by atoms with van der Waals surface area (Å²) < 4.78 is 11.3. The molecule has 0 amide bonds. The maximum Gasteiger partial charge on any atom is 0.349 e. The van der Waals surface area contributed by atoms with Crippen LogP contribution in [0.25, 0.3) is 0 Å². The van der Waals surface area contributed by atoms with Crippen LogP contribution in [0.3, 0.4) is 0 Å². The topological polar surface area (TPSA) is 52.6 Å². The molecular weight excluding hydrogens is 420 g/mol. The number of thioether (sulfide) groups is 1. The lowest BCUT2D eigenvalue weighted by molar-refractivity contribution is -0.158. The fourth-order valence-electron chi connectivity index (χ4n) is 4.60. The zero-order valence-electron chi connectivity index (χ0n) is 20.0. The Morgan fingerprint density at radius 1 is 1.06 bits per heavy atom. The zero-order valence-corrected chi connectivity index (χ0v) is 20.8. The van der Waals surface area contributed by atoms with Gasteiger partial charge in [-0.25, -0.2) is 4.79 Å². The Morgan fingerprint density at radius 2 is 1.69 bits per heavy atom. The highest BCUT2D eigenvalue weighted by atomic mass is 32.2. The molecule has 1 fully saturated rings. The van der Waals surface area contributed by atoms with E-state index in [0.29, 0.717) is 12.4 Å². The third-order valence-corrected chi connectivity index (χ3v) is 7.01. The molecule has 0 saturated heterocycles. The lowest BCUT2D eigenvalue weighted by atomic mass is 9.82. The van der Waals surface area contributed by atoms with Crippen molar-refractivity contribution in [1.82, 2.24) is 0 Å². The molecular formula is C27H34O4S. The largest absolute Gasteiger partial charge is 0.476 e. The van der Waals surface area contributed by atoms with Gasteiger partial charge in [-0.2, -0.15) is 0 Å². The second kappa shape index (κ2) is 10.1. The van der Waals surface area contributed by atoms with E-state index in [1.54, 1.807) is 32.5 Å². The van der Waals surface area contributed by atoms with Crippen LogP contribution in [0, 0.1) is 19.8 Å². The van der Waals surface area contributed by atoms with E-state index in [1.165, 1.54) is 5.56 Å². The van der Waals surface area contributed by atoms with Crippen molar-refractivity contribution in [3.05, 3.63) is 58.7 Å². The smallest absolute Gasteiger partial charge is 0.349 e. The van der Waals surface area contributed by atoms with Gasteiger partial charge < -0.3 is 9.47 Å². The number of hydrogen-bond acceptors (Lipinski definition) is 5. The maximum absolute atomic E-state index is 13.3. The number of aryl methyl sites for hydroxylation is 2. The molecule has 3 rings (SSSR count). The summed E-state index contributed by atoms with van der Waals surface area (Å²) in [5, 5.41) is 0. The molecule has 1 saturated carbocycles. The molecule has 4 nitrogen and oxygen atoms in total. The van der Waals surface area contributed by atoms with E-state index < -0.39 is 5.60 Å². The summed E-state index contributed by atoms with van der Waals surface area (Å²) in [6.45, 7) is 9.56. The first-order chi connectivity index (χ1) is 15.2. The number of hydrogen-bond donors (Lipinski definition) is 0. The first-order valence-electron chi connectivity index (χ1n) is 11.3. The van der Waals surface area contributed by atoms with Crippen molar-refractivity contribution in [2.75, 3.05) is 12.9 Å². The predicted octanol–water partition coefficient (Wildman–Crippen LogP) is 6.51. The first kappa shape index (κ1) is 24.4. The van der Waals surface area contributed by atoms with Crippen LogP contribution in [-0.2, 0) is 9.53 Å². The summed E-state index contributed by atoms with van der Waals surface area (Å²) in [4.78, 5) is 26.7. The molecule has 172 valence electrons. The fraction of sp³-hybridized carbons (Fsp3) is 0.481. The minimum Gasteiger partial charge on any atom is -0.476 e. The number of ketones is 1. The van der Waals surface area contributed by atoms with Crippen molar-refractivity contribution in [1.29, 1.82) is 0 Å². The Hall–Kier alpha value is -2.27. The highest BCUT2D eigenvalue weighted by molar-refractivity contribution is 7.98. The molecule has 0 aromatic heterocycles. The molecule has 0 heterocycles. The van der Waals surface area contributed by atoms with Crippen LogP contribution >= 0.6 is 11.8 Å². The number of carbonyl (C=O) groups excluding carboxylic acids is 2. The minimum absolute atomic E-state index is 0.00308. The second-order valence-corrected chi connectivity index (χ2v) is 9.93. The molecule has 0 aliphatic heterocycles. The molecule has 0 spiro atoms. The van der Waals surface area contributed by atoms with Crippen molar-refractivity contribution >= 4 is 23.5 Å². The Bertz CT molecular complexity index is 955. The van der Waals surface area contributed by atoms with Gasteiger partial charge in [0.05, 0.1) is 6.61 Å². The summed E-state index contributed by atoms with van der Waals surface area (Å²) in [6, 6.07) is 12.2. The van der Waals surface area contributed by atoms with E-state index in [0.717, 1.165) is 40.8 Å². The summed E-state index contributed by atoms with van der Waals surface area (Å²) in [7, 11) is 0. The van der Waals surface area contributed by atoms with Crippen LogP contribution in [0.2, 0.25) is 0 Å². The molecule has 0 N–H and O–H groups in total. The first-order valence-corrected chi connectivity index (χ1v) is 12.6. The quantitative estimate of drug-likeness (QED) is 0.258. The maximum atomic E-state index is 13.3. The highest BCUT2D eigenvalue weighted by Gasteiger charge is 2.36. The van der Waals surface area contributed by atoms with E-state index in [-0.39, 0.29) is 23.6 Å². The average molecular weight is 455 g/mol. The summed E-state index contributed by atoms with van der Waals surface area (Å²) in [5.74, 6) is 0.764. The van der Waals surface area contributed by atoms with E-state index >= 15 is 0 Å². The molecule has 1 aliphatic carbocycles. The Labute approximate surface area is 196 Å². The van der Waals surface area contributed by atoms with Gasteiger partial charge in [0.15, 0.2) is 11.4 Å². The molecule has 0 bridgehead atoms. The number of Topliss-reactive ketones (excluding diaryl/α,β-unsaturated/α-hetero) is 1. The molecule has 2 aromatic carbocycles. The van der Waals surface area contributed by atoms with Gasteiger partial charge in [-0.15, -0.1) is 11.8 Å². The number of carbonyl (C=O) groups is 2. The van der Waals surface area contributed by atoms with Crippen molar-refractivity contribution in [3.63, 3.8) is 0 Å². The fourth-order valence-corrected chi connectivity index (χ4v) is 5.01. The predicted molar refractivity (Wildman–Crippen MR) is 130 cm³/mol. The third-order valence-electron chi connectivity index (χ3n) is 6.26. The highest BCUT2D eigenvalue weighted by Crippen LogP contribution is 2.43. The minimum atomic E-state index is -1.07. The normalized spacial score (nSPS) is 18.4. The van der Waals surface area contributed by atoms with Gasteiger partial charge in [0.2, 0.25) is 0 Å². The van der Waals surface area contributed by atoms with Gasteiger partial charge in [0.1, 0.15) is 5.75 Å². The van der Waals surface area contributed by atoms with Gasteiger partial charge >= 0.3 is 5.97 Å². The van der Waals surface area contributed by atoms with Crippen LogP contribution in [0.4, 0.5) is 0 Å². The molecule has 32 heavy (non-hydrogen) atoms. The monoisotopic (exact) mass is 454 g/mol. The lowest BCUT2D eigenvalue weighted by Crippen LogP contribution is -2.40. The molecule has 0 radical (unpaired) electrons. The molecule has 2 aromatic rings. The second-order valence-electron chi connectivity index (χ2n) is 9.05. The van der Waals surface area contributed by atoms with Crippen LogP contribution in [0.15, 0.2) is 41.3 Å². The van der Waals surface area contributed by atoms with E-state index in [1.807, 2.05) is 44.4 Å². The number of ether oxygens (including phenoxy) is 2. The molecule has 5 heteroatoms. The number of rotatable bonds is 8. The van der Waals surface area contributed by atoms with Crippen LogP contribution in [0.5, 0.6) is 5.75 Å². The summed E-state index contributed by atoms with van der Waals surface area (Å²) >= 11 is 1.68. The van der Waals surface area contributed by atoms with Gasteiger partial charge in [-0.3, -0.25) is 4.79 Å². The average Bonchev–Trinajstić information content (AvgIpc) is 3.26. The van der Waals surface area contributed by atoms with E-state index in [9.17, 15) is 9.59 Å². The summed E-state index contributed by atoms with van der Waals surface area (Å²) in [5.41, 5.74) is 2.85. The van der Waals surface area contributed by atoms with Crippen LogP contribution < -0.4 is 4.74 Å². The van der Waals surface area contributed by atoms with Crippen molar-refractivity contribution < 1.29 is 19.1 Å². The van der Waals surface area contributed by atoms with E-state index in [2.05, 4.69) is 12.1 Å². The van der Waals surface area contributed by atoms with E-state index in [4.69, 9.17) is 9.47 Å². The van der Waals surface area contributed by atoms with Crippen LogP contribution in [-0.4, -0.2) is 30.2 Å². The van der Waals surface area contributed by atoms with Crippen molar-refractivity contribution in [2.45, 2.75) is 70.3 Å². The summed E-state index contributed by atoms with van der Waals surface area (Å²) in [6.07, 6.45) is 5.01. The third kappa shape index (κ3) is 5.20. The Morgan fingerprint density at radius 3 is 2.25 bits per heavy atom. The Kier molecular flexibility index (Phi) is 7.71. The standard InChI is InChI=1S/C27H34O4S/c1-7-30-26(29)27(4,5)31-25-17(2)15-20(16-18(25)3)22-9-8-10-23(22)24(28)19-11-13-21(32-6)14-12-19/h11-16,22-23H,7-10H2,1-6H3/t22-,23+/m0/s1. The van der Waals surface area contributed by atoms with Crippen molar-refractivity contribution in [3.8, 4) is 5.75 Å². The number of esters is 1. The Balaban J connectivity index is 1.84. The van der Waals surface area contributed by atoms with Gasteiger partial charge in [-0.1, -0.05) is 30.7 Å². The van der Waals surface area contributed by atoms with Gasteiger partial charge in [0, 0.05) is 16.4 Å².